The molecule has 1 rings (SSSR count). The monoisotopic (exact) mass is 471 g/mol. The van der Waals surface area contributed by atoms with Crippen molar-refractivity contribution < 1.29 is 45.0 Å². The zero-order valence-corrected chi connectivity index (χ0v) is 21.1. The van der Waals surface area contributed by atoms with Crippen LogP contribution in [0.4, 0.5) is 3.50 Å². The summed E-state index contributed by atoms with van der Waals surface area (Å²) in [6.07, 6.45) is 9.79. The second-order valence-corrected chi connectivity index (χ2v) is 7.37. The van der Waals surface area contributed by atoms with Crippen molar-refractivity contribution in [2.75, 3.05) is 0 Å². The van der Waals surface area contributed by atoms with Gasteiger partial charge < -0.3 is 15.3 Å². The minimum atomic E-state index is -1.75. The fourth-order valence-corrected chi connectivity index (χ4v) is 1.58. The van der Waals surface area contributed by atoms with Crippen molar-refractivity contribution in [3.63, 3.8) is 0 Å². The van der Waals surface area contributed by atoms with Gasteiger partial charge in [-0.1, -0.05) is 20.8 Å². The van der Waals surface area contributed by atoms with E-state index < -0.39 is 15.9 Å². The van der Waals surface area contributed by atoms with Gasteiger partial charge in [-0.05, 0) is 40.0 Å². The van der Waals surface area contributed by atoms with E-state index in [-0.39, 0.29) is 44.5 Å². The van der Waals surface area contributed by atoms with Crippen LogP contribution in [0.25, 0.3) is 0 Å². The van der Waals surface area contributed by atoms with Crippen molar-refractivity contribution in [1.29, 1.82) is 0 Å². The van der Waals surface area contributed by atoms with E-state index in [2.05, 4.69) is 6.08 Å². The van der Waals surface area contributed by atoms with Crippen LogP contribution < -0.4 is 0 Å². The Kier molecular flexibility index (Phi) is 34.2. The van der Waals surface area contributed by atoms with E-state index in [1.54, 1.807) is 20.8 Å². The molecule has 6 heteroatoms. The second kappa shape index (κ2) is 25.0. The molecule has 3 unspecified atom stereocenters. The number of aliphatic hydroxyl groups excluding tert-OH is 3. The van der Waals surface area contributed by atoms with Gasteiger partial charge in [-0.2, -0.15) is 0 Å². The molecule has 0 fully saturated rings. The zero-order valence-electron chi connectivity index (χ0n) is 15.6. The van der Waals surface area contributed by atoms with Crippen molar-refractivity contribution in [2.45, 2.75) is 85.5 Å². The SMILES string of the molecule is CCC(C)O.CCC(C)O.CCC(C)O.[F][GeH2][C]1=[C-]CC=C1.[Zr]. The average Bonchev–Trinajstić information content (AvgIpc) is 3.02. The summed E-state index contributed by atoms with van der Waals surface area (Å²) < 4.78 is 12.6. The fourth-order valence-electron chi connectivity index (χ4n) is 0.542. The molecule has 3 N–H and O–H groups in total. The minimum Gasteiger partial charge on any atom is 0 e. The van der Waals surface area contributed by atoms with Crippen LogP contribution in [0.1, 0.15) is 67.2 Å². The number of aliphatic hydroxyl groups is 3. The van der Waals surface area contributed by atoms with Crippen LogP contribution in [0.5, 0.6) is 0 Å². The summed E-state index contributed by atoms with van der Waals surface area (Å²) in [4.78, 5) is 0. The Bertz CT molecular complexity index is 252. The number of halogens is 1. The molecule has 0 bridgehead atoms. The fraction of sp³-hybridized carbons (Fsp3) is 0.765. The summed E-state index contributed by atoms with van der Waals surface area (Å²) in [6, 6.07) is 0. The van der Waals surface area contributed by atoms with Gasteiger partial charge in [0.1, 0.15) is 0 Å². The summed E-state index contributed by atoms with van der Waals surface area (Å²) in [6.45, 7) is 11.2. The van der Waals surface area contributed by atoms with E-state index in [9.17, 15) is 3.50 Å². The largest absolute Gasteiger partial charge is 0 e. The van der Waals surface area contributed by atoms with Gasteiger partial charge in [0.25, 0.3) is 0 Å². The Hall–Kier alpha value is 0.716. The Morgan fingerprint density at radius 1 is 1.00 bits per heavy atom. The maximum Gasteiger partial charge on any atom is 0 e. The summed E-state index contributed by atoms with van der Waals surface area (Å²) in [5.41, 5.74) is 0. The van der Waals surface area contributed by atoms with Gasteiger partial charge in [0.05, 0.1) is 18.3 Å². The molecule has 3 atom stereocenters. The van der Waals surface area contributed by atoms with Crippen LogP contribution in [0, 0.1) is 6.08 Å². The maximum absolute atomic E-state index is 11.7. The molecule has 23 heavy (non-hydrogen) atoms. The maximum atomic E-state index is 11.7. The van der Waals surface area contributed by atoms with E-state index >= 15 is 0 Å². The summed E-state index contributed by atoms with van der Waals surface area (Å²) in [7, 11) is 0. The first-order valence-corrected chi connectivity index (χ1v) is 10.7. The van der Waals surface area contributed by atoms with Crippen LogP contribution in [-0.2, 0) is 26.2 Å². The molecule has 0 aromatic heterocycles. The first-order valence-electron chi connectivity index (χ1n) is 8.11. The third-order valence-electron chi connectivity index (χ3n) is 2.68. The summed E-state index contributed by atoms with van der Waals surface area (Å²) in [5.74, 6) is 0. The van der Waals surface area contributed by atoms with E-state index in [1.165, 1.54) is 0 Å². The Morgan fingerprint density at radius 3 is 1.39 bits per heavy atom. The molecule has 0 aromatic carbocycles. The van der Waals surface area contributed by atoms with Gasteiger partial charge in [-0.25, -0.2) is 0 Å². The minimum absolute atomic E-state index is 0. The van der Waals surface area contributed by atoms with Crippen molar-refractivity contribution in [3.05, 3.63) is 22.6 Å². The third-order valence-corrected chi connectivity index (χ3v) is 4.31. The molecule has 138 valence electrons. The van der Waals surface area contributed by atoms with Gasteiger partial charge in [0, 0.05) is 26.2 Å². The van der Waals surface area contributed by atoms with Crippen LogP contribution in [-0.4, -0.2) is 49.5 Å². The molecular formula is C17H36FGeO3Zr-. The van der Waals surface area contributed by atoms with E-state index in [0.717, 1.165) is 30.1 Å². The standard InChI is InChI=1S/C5H6FGe.3C4H10O.Zr/c6-7-5-3-1-2-4-5;3*1-3-4(2)5;/h1,3H,2,7H2;3*4-5H,3H2,1-2H3;/q-1;;;;. The topological polar surface area (TPSA) is 60.7 Å². The molecule has 3 nitrogen and oxygen atoms in total. The van der Waals surface area contributed by atoms with Gasteiger partial charge in [-0.15, -0.1) is 0 Å². The average molecular weight is 471 g/mol. The molecule has 0 heterocycles. The molecule has 0 spiro atoms. The van der Waals surface area contributed by atoms with Crippen LogP contribution in [0.15, 0.2) is 16.6 Å². The molecule has 1 aliphatic carbocycles. The van der Waals surface area contributed by atoms with Gasteiger partial charge in [-0.3, -0.25) is 0 Å². The van der Waals surface area contributed by atoms with E-state index in [1.807, 2.05) is 32.9 Å². The van der Waals surface area contributed by atoms with Crippen LogP contribution in [0.3, 0.4) is 0 Å². The quantitative estimate of drug-likeness (QED) is 0.437. The number of hydrogen-bond donors (Lipinski definition) is 3. The van der Waals surface area contributed by atoms with Gasteiger partial charge >= 0.3 is 48.5 Å². The van der Waals surface area contributed by atoms with Crippen molar-refractivity contribution in [3.8, 4) is 0 Å². The van der Waals surface area contributed by atoms with E-state index in [4.69, 9.17) is 15.3 Å². The Morgan fingerprint density at radius 2 is 1.30 bits per heavy atom. The summed E-state index contributed by atoms with van der Waals surface area (Å²) >= 11 is -1.75. The number of allylic oxidation sites excluding steroid dienone is 4. The first kappa shape index (κ1) is 31.5. The number of hydrogen-bond acceptors (Lipinski definition) is 3. The molecule has 0 saturated carbocycles. The van der Waals surface area contributed by atoms with Crippen LogP contribution in [0.2, 0.25) is 0 Å². The van der Waals surface area contributed by atoms with Gasteiger partial charge in [0.2, 0.25) is 0 Å². The molecule has 0 aliphatic heterocycles. The molecule has 0 saturated heterocycles. The zero-order chi connectivity index (χ0) is 18.0. The Labute approximate surface area is 168 Å². The second-order valence-electron chi connectivity index (χ2n) is 5.21. The summed E-state index contributed by atoms with van der Waals surface area (Å²) in [5, 5.41) is 25.1. The molecule has 0 radical (unpaired) electrons. The smallest absolute Gasteiger partial charge is 0 e. The van der Waals surface area contributed by atoms with Crippen LogP contribution >= 0.6 is 0 Å². The Balaban J connectivity index is -0.000000105. The van der Waals surface area contributed by atoms with Crippen molar-refractivity contribution in [2.24, 2.45) is 0 Å². The molecule has 0 amide bonds. The predicted molar refractivity (Wildman–Crippen MR) is 96.1 cm³/mol. The molecule has 1 aliphatic rings. The number of rotatable bonds is 4. The normalized spacial score (nSPS) is 15.7. The predicted octanol–water partition coefficient (Wildman–Crippen LogP) is 3.02. The third kappa shape index (κ3) is 39.5. The molecular weight excluding hydrogens is 435 g/mol. The van der Waals surface area contributed by atoms with Crippen molar-refractivity contribution >= 4 is 15.9 Å². The van der Waals surface area contributed by atoms with E-state index in [0.29, 0.717) is 0 Å². The molecule has 0 aromatic rings. The van der Waals surface area contributed by atoms with Crippen molar-refractivity contribution in [1.82, 2.24) is 0 Å². The van der Waals surface area contributed by atoms with Gasteiger partial charge in [0.15, 0.2) is 0 Å². The first-order chi connectivity index (χ1) is 10.2.